The molecule has 0 spiro atoms. The fourth-order valence-electron chi connectivity index (χ4n) is 1.75. The van der Waals surface area contributed by atoms with Crippen LogP contribution in [0.1, 0.15) is 19.7 Å². The minimum Gasteiger partial charge on any atom is -0.377 e. The zero-order chi connectivity index (χ0) is 13.1. The Morgan fingerprint density at radius 2 is 2.28 bits per heavy atom. The SMILES string of the molecule is CC(C)OCCn1c(CCl)nc2cc(Br)cnc21. The number of nitrogens with zero attached hydrogens (tertiary/aromatic N) is 3. The molecule has 2 aromatic rings. The van der Waals surface area contributed by atoms with E-state index in [1.807, 2.05) is 24.5 Å². The molecule has 0 atom stereocenters. The van der Waals surface area contributed by atoms with Gasteiger partial charge >= 0.3 is 0 Å². The predicted molar refractivity (Wildman–Crippen MR) is 75.9 cm³/mol. The first-order chi connectivity index (χ1) is 8.61. The highest BCUT2D eigenvalue weighted by atomic mass is 79.9. The Kier molecular flexibility index (Phi) is 4.59. The summed E-state index contributed by atoms with van der Waals surface area (Å²) in [6.07, 6.45) is 1.99. The monoisotopic (exact) mass is 331 g/mol. The summed E-state index contributed by atoms with van der Waals surface area (Å²) in [4.78, 5) is 8.86. The molecule has 0 unspecified atom stereocenters. The summed E-state index contributed by atoms with van der Waals surface area (Å²) in [6.45, 7) is 5.38. The maximum Gasteiger partial charge on any atom is 0.160 e. The van der Waals surface area contributed by atoms with Gasteiger partial charge in [-0.2, -0.15) is 0 Å². The number of hydrogen-bond donors (Lipinski definition) is 0. The van der Waals surface area contributed by atoms with Crippen LogP contribution >= 0.6 is 27.5 Å². The van der Waals surface area contributed by atoms with E-state index in [2.05, 4.69) is 25.9 Å². The first kappa shape index (κ1) is 13.8. The zero-order valence-corrected chi connectivity index (χ0v) is 12.7. The average molecular weight is 333 g/mol. The van der Waals surface area contributed by atoms with E-state index in [0.29, 0.717) is 19.0 Å². The molecule has 0 aliphatic carbocycles. The number of hydrogen-bond acceptors (Lipinski definition) is 3. The van der Waals surface area contributed by atoms with E-state index in [0.717, 1.165) is 21.5 Å². The van der Waals surface area contributed by atoms with Crippen LogP contribution in [0.5, 0.6) is 0 Å². The number of halogens is 2. The zero-order valence-electron chi connectivity index (χ0n) is 10.4. The number of alkyl halides is 1. The summed E-state index contributed by atoms with van der Waals surface area (Å²) in [6, 6.07) is 1.94. The molecule has 2 aromatic heterocycles. The van der Waals surface area contributed by atoms with E-state index in [9.17, 15) is 0 Å². The molecule has 0 aliphatic heterocycles. The van der Waals surface area contributed by atoms with Gasteiger partial charge in [-0.1, -0.05) is 0 Å². The van der Waals surface area contributed by atoms with Crippen molar-refractivity contribution in [1.82, 2.24) is 14.5 Å². The molecule has 98 valence electrons. The Bertz CT molecular complexity index is 541. The van der Waals surface area contributed by atoms with Gasteiger partial charge in [0.25, 0.3) is 0 Å². The second-order valence-electron chi connectivity index (χ2n) is 4.23. The lowest BCUT2D eigenvalue weighted by atomic mass is 10.4. The highest BCUT2D eigenvalue weighted by molar-refractivity contribution is 9.10. The van der Waals surface area contributed by atoms with Crippen molar-refractivity contribution in [2.24, 2.45) is 0 Å². The molecule has 0 bridgehead atoms. The molecule has 0 radical (unpaired) electrons. The van der Waals surface area contributed by atoms with Gasteiger partial charge in [0.1, 0.15) is 11.3 Å². The standard InChI is InChI=1S/C12H15BrClN3O/c1-8(2)18-4-3-17-11(6-14)16-10-5-9(13)7-15-12(10)17/h5,7-8H,3-4,6H2,1-2H3. The van der Waals surface area contributed by atoms with Crippen LogP contribution < -0.4 is 0 Å². The summed E-state index contributed by atoms with van der Waals surface area (Å²) >= 11 is 9.31. The first-order valence-electron chi connectivity index (χ1n) is 5.80. The molecule has 18 heavy (non-hydrogen) atoms. The molecular weight excluding hydrogens is 318 g/mol. The highest BCUT2D eigenvalue weighted by Crippen LogP contribution is 2.19. The number of fused-ring (bicyclic) bond motifs is 1. The fraction of sp³-hybridized carbons (Fsp3) is 0.500. The second kappa shape index (κ2) is 5.99. The van der Waals surface area contributed by atoms with Crippen LogP contribution in [0.3, 0.4) is 0 Å². The summed E-state index contributed by atoms with van der Waals surface area (Å²) in [5.74, 6) is 1.19. The summed E-state index contributed by atoms with van der Waals surface area (Å²) in [7, 11) is 0. The lowest BCUT2D eigenvalue weighted by Gasteiger charge is -2.10. The molecule has 6 heteroatoms. The van der Waals surface area contributed by atoms with Crippen LogP contribution in [0.25, 0.3) is 11.2 Å². The van der Waals surface area contributed by atoms with Crippen molar-refractivity contribution in [3.05, 3.63) is 22.6 Å². The molecule has 4 nitrogen and oxygen atoms in total. The molecule has 0 aromatic carbocycles. The molecule has 0 aliphatic rings. The van der Waals surface area contributed by atoms with E-state index in [4.69, 9.17) is 16.3 Å². The van der Waals surface area contributed by atoms with E-state index in [1.54, 1.807) is 6.20 Å². The molecule has 0 amide bonds. The smallest absolute Gasteiger partial charge is 0.160 e. The lowest BCUT2D eigenvalue weighted by Crippen LogP contribution is -2.12. The van der Waals surface area contributed by atoms with Gasteiger partial charge in [0.05, 0.1) is 18.6 Å². The summed E-state index contributed by atoms with van der Waals surface area (Å²) in [5, 5.41) is 0. The van der Waals surface area contributed by atoms with Crippen LogP contribution in [0.2, 0.25) is 0 Å². The number of pyridine rings is 1. The predicted octanol–water partition coefficient (Wildman–Crippen LogP) is 3.36. The van der Waals surface area contributed by atoms with E-state index >= 15 is 0 Å². The van der Waals surface area contributed by atoms with Crippen LogP contribution in [0.4, 0.5) is 0 Å². The first-order valence-corrected chi connectivity index (χ1v) is 7.12. The van der Waals surface area contributed by atoms with Crippen molar-refractivity contribution in [3.63, 3.8) is 0 Å². The minimum atomic E-state index is 0.223. The summed E-state index contributed by atoms with van der Waals surface area (Å²) < 4.78 is 8.49. The molecule has 0 N–H and O–H groups in total. The third-order valence-corrected chi connectivity index (χ3v) is 3.19. The van der Waals surface area contributed by atoms with Crippen LogP contribution in [-0.4, -0.2) is 27.2 Å². The van der Waals surface area contributed by atoms with Crippen LogP contribution in [-0.2, 0) is 17.2 Å². The van der Waals surface area contributed by atoms with Crippen LogP contribution in [0, 0.1) is 0 Å². The van der Waals surface area contributed by atoms with Gasteiger partial charge in [-0.05, 0) is 35.8 Å². The molecule has 2 heterocycles. The Morgan fingerprint density at radius 1 is 1.50 bits per heavy atom. The van der Waals surface area contributed by atoms with E-state index in [-0.39, 0.29) is 6.10 Å². The van der Waals surface area contributed by atoms with Crippen molar-refractivity contribution in [3.8, 4) is 0 Å². The Labute approximate surface area is 119 Å². The molecule has 0 saturated heterocycles. The minimum absolute atomic E-state index is 0.223. The van der Waals surface area contributed by atoms with Crippen molar-refractivity contribution in [1.29, 1.82) is 0 Å². The van der Waals surface area contributed by atoms with E-state index < -0.39 is 0 Å². The molecule has 0 saturated carbocycles. The van der Waals surface area contributed by atoms with Crippen molar-refractivity contribution in [2.75, 3.05) is 6.61 Å². The topological polar surface area (TPSA) is 39.9 Å². The fourth-order valence-corrected chi connectivity index (χ4v) is 2.27. The summed E-state index contributed by atoms with van der Waals surface area (Å²) in [5.41, 5.74) is 1.70. The second-order valence-corrected chi connectivity index (χ2v) is 5.41. The number of aromatic nitrogens is 3. The van der Waals surface area contributed by atoms with Crippen molar-refractivity contribution in [2.45, 2.75) is 32.4 Å². The quantitative estimate of drug-likeness (QED) is 0.788. The molecule has 2 rings (SSSR count). The normalized spacial score (nSPS) is 11.6. The van der Waals surface area contributed by atoms with Gasteiger partial charge in [0.2, 0.25) is 0 Å². The van der Waals surface area contributed by atoms with Crippen molar-refractivity contribution < 1.29 is 4.74 Å². The van der Waals surface area contributed by atoms with Gasteiger partial charge in [-0.3, -0.25) is 0 Å². The Morgan fingerprint density at radius 3 is 2.94 bits per heavy atom. The number of rotatable bonds is 5. The third-order valence-electron chi connectivity index (χ3n) is 2.52. The molecule has 0 fully saturated rings. The number of imidazole rings is 1. The highest BCUT2D eigenvalue weighted by Gasteiger charge is 2.11. The number of ether oxygens (including phenoxy) is 1. The third kappa shape index (κ3) is 3.02. The molecular formula is C12H15BrClN3O. The largest absolute Gasteiger partial charge is 0.377 e. The Hall–Kier alpha value is -0.650. The maximum absolute atomic E-state index is 5.92. The van der Waals surface area contributed by atoms with Gasteiger partial charge < -0.3 is 9.30 Å². The van der Waals surface area contributed by atoms with E-state index in [1.165, 1.54) is 0 Å². The van der Waals surface area contributed by atoms with Gasteiger partial charge in [-0.15, -0.1) is 11.6 Å². The van der Waals surface area contributed by atoms with Gasteiger partial charge in [0.15, 0.2) is 5.65 Å². The van der Waals surface area contributed by atoms with Gasteiger partial charge in [0, 0.05) is 17.2 Å². The van der Waals surface area contributed by atoms with Crippen LogP contribution in [0.15, 0.2) is 16.7 Å². The lowest BCUT2D eigenvalue weighted by molar-refractivity contribution is 0.0729. The van der Waals surface area contributed by atoms with Gasteiger partial charge in [-0.25, -0.2) is 9.97 Å². The average Bonchev–Trinajstić information content (AvgIpc) is 2.66. The van der Waals surface area contributed by atoms with Crippen molar-refractivity contribution >= 4 is 38.7 Å². The maximum atomic E-state index is 5.92. The Balaban J connectivity index is 2.29.